The molecular weight excluding hydrogens is 488 g/mol. The van der Waals surface area contributed by atoms with Crippen molar-refractivity contribution in [3.8, 4) is 23.0 Å². The fourth-order valence-corrected chi connectivity index (χ4v) is 4.32. The summed E-state index contributed by atoms with van der Waals surface area (Å²) in [6, 6.07) is 6.86. The lowest BCUT2D eigenvalue weighted by Crippen LogP contribution is -2.60. The molecule has 0 aliphatic carbocycles. The van der Waals surface area contributed by atoms with Crippen molar-refractivity contribution in [2.45, 2.75) is 63.2 Å². The van der Waals surface area contributed by atoms with Crippen LogP contribution in [0.15, 0.2) is 42.0 Å². The average molecular weight is 519 g/mol. The Labute approximate surface area is 212 Å². The van der Waals surface area contributed by atoms with Gasteiger partial charge in [-0.05, 0) is 38.0 Å². The van der Waals surface area contributed by atoms with Gasteiger partial charge in [0.15, 0.2) is 12.2 Å². The van der Waals surface area contributed by atoms with Gasteiger partial charge in [-0.25, -0.2) is 0 Å². The van der Waals surface area contributed by atoms with Crippen LogP contribution in [0.25, 0.3) is 0 Å². The van der Waals surface area contributed by atoms with E-state index in [1.165, 1.54) is 24.3 Å². The molecule has 1 fully saturated rings. The second-order valence-electron chi connectivity index (χ2n) is 9.32. The van der Waals surface area contributed by atoms with Crippen LogP contribution in [0.4, 0.5) is 0 Å². The van der Waals surface area contributed by atoms with Gasteiger partial charge in [0.05, 0.1) is 6.61 Å². The standard InChI is InChI=1S/C26H30O11/c1-11(2)3-8-14-16(35-26-23(34)21(32)19(30)17(10-27)36-26)9-15(29)18-20(31)22(33)24(37-25(14)18)12-4-6-13(28)7-5-12/h3-7,9,17,19,21-24,26-30,32-34H,8,10H2,1-2H3/t17-,19-,21+,22-,23-,24-,26-/m0/s1. The molecule has 2 aromatic rings. The van der Waals surface area contributed by atoms with Gasteiger partial charge in [-0.3, -0.25) is 4.79 Å². The first-order valence-electron chi connectivity index (χ1n) is 11.7. The van der Waals surface area contributed by atoms with Crippen molar-refractivity contribution in [1.82, 2.24) is 0 Å². The Morgan fingerprint density at radius 1 is 1.03 bits per heavy atom. The van der Waals surface area contributed by atoms with Gasteiger partial charge in [0.1, 0.15) is 53.0 Å². The van der Waals surface area contributed by atoms with E-state index in [-0.39, 0.29) is 34.8 Å². The van der Waals surface area contributed by atoms with Crippen LogP contribution < -0.4 is 9.47 Å². The number of ketones is 1. The van der Waals surface area contributed by atoms with Gasteiger partial charge in [0.25, 0.3) is 0 Å². The number of fused-ring (bicyclic) bond motifs is 1. The molecule has 0 aromatic heterocycles. The number of ether oxygens (including phenoxy) is 3. The molecule has 0 unspecified atom stereocenters. The number of hydrogen-bond acceptors (Lipinski definition) is 11. The van der Waals surface area contributed by atoms with Gasteiger partial charge >= 0.3 is 0 Å². The fraction of sp³-hybridized carbons (Fsp3) is 0.423. The molecule has 0 amide bonds. The minimum atomic E-state index is -1.71. The molecule has 200 valence electrons. The zero-order chi connectivity index (χ0) is 27.0. The number of allylic oxidation sites excluding steroid dienone is 2. The Morgan fingerprint density at radius 3 is 2.32 bits per heavy atom. The topological polar surface area (TPSA) is 186 Å². The maximum Gasteiger partial charge on any atom is 0.229 e. The first-order chi connectivity index (χ1) is 17.5. The van der Waals surface area contributed by atoms with Gasteiger partial charge in [-0.2, -0.15) is 0 Å². The number of phenolic OH excluding ortho intramolecular Hbond substituents is 2. The molecule has 2 aliphatic heterocycles. The molecule has 0 saturated carbocycles. The number of Topliss-reactive ketones (excluding diaryl/α,β-unsaturated/α-hetero) is 1. The quantitative estimate of drug-likeness (QED) is 0.263. The maximum absolute atomic E-state index is 13.1. The number of hydrogen-bond donors (Lipinski definition) is 7. The zero-order valence-electron chi connectivity index (χ0n) is 20.2. The van der Waals surface area contributed by atoms with Crippen LogP contribution in [0, 0.1) is 0 Å². The summed E-state index contributed by atoms with van der Waals surface area (Å²) >= 11 is 0. The third-order valence-corrected chi connectivity index (χ3v) is 6.40. The predicted molar refractivity (Wildman–Crippen MR) is 127 cm³/mol. The number of aromatic hydroxyl groups is 2. The summed E-state index contributed by atoms with van der Waals surface area (Å²) < 4.78 is 17.3. The number of benzene rings is 2. The van der Waals surface area contributed by atoms with E-state index < -0.39 is 61.1 Å². The second-order valence-corrected chi connectivity index (χ2v) is 9.32. The minimum Gasteiger partial charge on any atom is -0.508 e. The summed E-state index contributed by atoms with van der Waals surface area (Å²) in [5.41, 5.74) is 1.35. The highest BCUT2D eigenvalue weighted by Gasteiger charge is 2.46. The smallest absolute Gasteiger partial charge is 0.229 e. The number of carbonyl (C=O) groups excluding carboxylic acids is 1. The molecule has 37 heavy (non-hydrogen) atoms. The van der Waals surface area contributed by atoms with Gasteiger partial charge in [-0.1, -0.05) is 23.8 Å². The molecule has 11 heteroatoms. The molecule has 4 rings (SSSR count). The Hall–Kier alpha value is -3.19. The molecular formula is C26H30O11. The highest BCUT2D eigenvalue weighted by molar-refractivity contribution is 6.06. The van der Waals surface area contributed by atoms with Crippen molar-refractivity contribution in [2.24, 2.45) is 0 Å². The molecule has 11 nitrogen and oxygen atoms in total. The lowest BCUT2D eigenvalue weighted by molar-refractivity contribution is -0.277. The molecule has 7 atom stereocenters. The van der Waals surface area contributed by atoms with E-state index in [2.05, 4.69) is 0 Å². The maximum atomic E-state index is 13.1. The van der Waals surface area contributed by atoms with Gasteiger partial charge in [-0.15, -0.1) is 0 Å². The summed E-state index contributed by atoms with van der Waals surface area (Å²) in [5, 5.41) is 71.2. The summed E-state index contributed by atoms with van der Waals surface area (Å²) in [5.74, 6) is -1.45. The van der Waals surface area contributed by atoms with E-state index in [0.717, 1.165) is 11.6 Å². The van der Waals surface area contributed by atoms with Crippen LogP contribution >= 0.6 is 0 Å². The molecule has 7 N–H and O–H groups in total. The van der Waals surface area contributed by atoms with Crippen molar-refractivity contribution in [2.75, 3.05) is 6.61 Å². The Balaban J connectivity index is 1.79. The number of rotatable bonds is 6. The Bertz CT molecular complexity index is 1170. The van der Waals surface area contributed by atoms with Crippen molar-refractivity contribution in [3.63, 3.8) is 0 Å². The average Bonchev–Trinajstić information content (AvgIpc) is 2.86. The molecule has 2 aliphatic rings. The molecule has 0 bridgehead atoms. The molecule has 0 spiro atoms. The number of aliphatic hydroxyl groups excluding tert-OH is 5. The SMILES string of the molecule is CC(C)=CCc1c(O[C@H]2O[C@@H](CO)[C@H](O)[C@@H](O)[C@@H]2O)cc(O)c2c1O[C@@H](c1ccc(O)cc1)[C@@H](O)C2=O. The van der Waals surface area contributed by atoms with E-state index >= 15 is 0 Å². The monoisotopic (exact) mass is 518 g/mol. The van der Waals surface area contributed by atoms with E-state index in [0.29, 0.717) is 5.56 Å². The van der Waals surface area contributed by atoms with Crippen LogP contribution in [-0.2, 0) is 11.2 Å². The van der Waals surface area contributed by atoms with Crippen molar-refractivity contribution in [1.29, 1.82) is 0 Å². The highest BCUT2D eigenvalue weighted by atomic mass is 16.7. The number of carbonyl (C=O) groups is 1. The molecule has 2 aromatic carbocycles. The van der Waals surface area contributed by atoms with Crippen LogP contribution in [0.3, 0.4) is 0 Å². The van der Waals surface area contributed by atoms with Gasteiger partial charge in [0.2, 0.25) is 12.1 Å². The van der Waals surface area contributed by atoms with E-state index in [1.807, 2.05) is 13.8 Å². The first-order valence-corrected chi connectivity index (χ1v) is 11.7. The van der Waals surface area contributed by atoms with Crippen LogP contribution in [0.2, 0.25) is 0 Å². The Morgan fingerprint density at radius 2 is 1.70 bits per heavy atom. The lowest BCUT2D eigenvalue weighted by atomic mass is 9.90. The van der Waals surface area contributed by atoms with Crippen molar-refractivity contribution in [3.05, 3.63) is 58.7 Å². The molecule has 1 saturated heterocycles. The van der Waals surface area contributed by atoms with Crippen molar-refractivity contribution < 1.29 is 54.8 Å². The summed E-state index contributed by atoms with van der Waals surface area (Å²) in [6.07, 6.45) is -8.58. The summed E-state index contributed by atoms with van der Waals surface area (Å²) in [6.45, 7) is 3.04. The van der Waals surface area contributed by atoms with Crippen molar-refractivity contribution >= 4 is 5.78 Å². The van der Waals surface area contributed by atoms with Crippen LogP contribution in [-0.4, -0.2) is 84.9 Å². The van der Waals surface area contributed by atoms with E-state index in [9.17, 15) is 40.5 Å². The number of aliphatic hydroxyl groups is 5. The van der Waals surface area contributed by atoms with E-state index in [4.69, 9.17) is 14.2 Å². The third kappa shape index (κ3) is 5.14. The number of phenols is 2. The fourth-order valence-electron chi connectivity index (χ4n) is 4.32. The molecule has 2 heterocycles. The third-order valence-electron chi connectivity index (χ3n) is 6.40. The van der Waals surface area contributed by atoms with Gasteiger partial charge < -0.3 is 50.0 Å². The largest absolute Gasteiger partial charge is 0.508 e. The zero-order valence-corrected chi connectivity index (χ0v) is 20.2. The minimum absolute atomic E-state index is 0.0158. The predicted octanol–water partition coefficient (Wildman–Crippen LogP) is 0.462. The lowest BCUT2D eigenvalue weighted by Gasteiger charge is -2.40. The first kappa shape index (κ1) is 26.9. The van der Waals surface area contributed by atoms with Gasteiger partial charge in [0, 0.05) is 11.6 Å². The summed E-state index contributed by atoms with van der Waals surface area (Å²) in [7, 11) is 0. The highest BCUT2D eigenvalue weighted by Crippen LogP contribution is 2.46. The van der Waals surface area contributed by atoms with E-state index in [1.54, 1.807) is 6.08 Å². The normalized spacial score (nSPS) is 29.3. The summed E-state index contributed by atoms with van der Waals surface area (Å²) in [4.78, 5) is 13.1. The molecule has 0 radical (unpaired) electrons. The van der Waals surface area contributed by atoms with Crippen LogP contribution in [0.5, 0.6) is 23.0 Å². The van der Waals surface area contributed by atoms with Crippen LogP contribution in [0.1, 0.15) is 41.4 Å². The Kier molecular flexibility index (Phi) is 7.74. The second kappa shape index (κ2) is 10.7.